The normalized spacial score (nSPS) is 10.9. The van der Waals surface area contributed by atoms with E-state index in [0.717, 1.165) is 0 Å². The predicted octanol–water partition coefficient (Wildman–Crippen LogP) is 3.09. The van der Waals surface area contributed by atoms with E-state index >= 15 is 0 Å². The van der Waals surface area contributed by atoms with Gasteiger partial charge < -0.3 is 10.1 Å². The summed E-state index contributed by atoms with van der Waals surface area (Å²) < 4.78 is 5.44. The minimum Gasteiger partial charge on any atom is -0.467 e. The Morgan fingerprint density at radius 2 is 2.10 bits per heavy atom. The van der Waals surface area contributed by atoms with Crippen LogP contribution >= 0.6 is 23.2 Å². The fourth-order valence-electron chi connectivity index (χ4n) is 1.69. The molecule has 0 aliphatic heterocycles. The SMILES string of the molecule is CC(C)CNC(=O)COc1ncnc2c(Cl)cc(Cl)cc12. The maximum Gasteiger partial charge on any atom is 0.258 e. The van der Waals surface area contributed by atoms with Crippen molar-refractivity contribution in [3.05, 3.63) is 28.5 Å². The fraction of sp³-hybridized carbons (Fsp3) is 0.357. The van der Waals surface area contributed by atoms with E-state index in [-0.39, 0.29) is 18.4 Å². The summed E-state index contributed by atoms with van der Waals surface area (Å²) in [4.78, 5) is 19.8. The van der Waals surface area contributed by atoms with Crippen molar-refractivity contribution < 1.29 is 9.53 Å². The van der Waals surface area contributed by atoms with Gasteiger partial charge in [0.05, 0.1) is 15.9 Å². The minimum atomic E-state index is -0.205. The average Bonchev–Trinajstić information content (AvgIpc) is 2.43. The number of aromatic nitrogens is 2. The first kappa shape index (κ1) is 15.8. The molecule has 0 atom stereocenters. The molecule has 1 amide bonds. The molecule has 0 bridgehead atoms. The van der Waals surface area contributed by atoms with Crippen LogP contribution in [0.15, 0.2) is 18.5 Å². The largest absolute Gasteiger partial charge is 0.467 e. The van der Waals surface area contributed by atoms with Crippen LogP contribution < -0.4 is 10.1 Å². The first-order valence-electron chi connectivity index (χ1n) is 6.46. The summed E-state index contributed by atoms with van der Waals surface area (Å²) in [6, 6.07) is 3.25. The van der Waals surface area contributed by atoms with Gasteiger partial charge in [-0.25, -0.2) is 9.97 Å². The van der Waals surface area contributed by atoms with E-state index < -0.39 is 0 Å². The highest BCUT2D eigenvalue weighted by Crippen LogP contribution is 2.30. The molecule has 1 aromatic carbocycles. The Morgan fingerprint density at radius 3 is 2.81 bits per heavy atom. The van der Waals surface area contributed by atoms with Crippen molar-refractivity contribution in [2.24, 2.45) is 5.92 Å². The molecule has 0 aliphatic carbocycles. The van der Waals surface area contributed by atoms with Gasteiger partial charge in [0.25, 0.3) is 5.91 Å². The van der Waals surface area contributed by atoms with Crippen molar-refractivity contribution in [3.63, 3.8) is 0 Å². The number of carbonyl (C=O) groups is 1. The first-order chi connectivity index (χ1) is 9.97. The molecule has 2 rings (SSSR count). The first-order valence-corrected chi connectivity index (χ1v) is 7.22. The second-order valence-corrected chi connectivity index (χ2v) is 5.79. The lowest BCUT2D eigenvalue weighted by Crippen LogP contribution is -2.31. The van der Waals surface area contributed by atoms with Crippen molar-refractivity contribution >= 4 is 40.0 Å². The van der Waals surface area contributed by atoms with E-state index in [2.05, 4.69) is 15.3 Å². The quantitative estimate of drug-likeness (QED) is 0.916. The number of nitrogens with one attached hydrogen (secondary N) is 1. The lowest BCUT2D eigenvalue weighted by molar-refractivity contribution is -0.123. The zero-order chi connectivity index (χ0) is 15.4. The molecule has 0 fully saturated rings. The fourth-order valence-corrected chi connectivity index (χ4v) is 2.23. The highest BCUT2D eigenvalue weighted by Gasteiger charge is 2.11. The second-order valence-electron chi connectivity index (χ2n) is 4.95. The number of rotatable bonds is 5. The van der Waals surface area contributed by atoms with Crippen LogP contribution in [0, 0.1) is 5.92 Å². The van der Waals surface area contributed by atoms with Crippen LogP contribution in [0.25, 0.3) is 10.9 Å². The molecule has 1 aromatic heterocycles. The molecule has 0 radical (unpaired) electrons. The Bertz CT molecular complexity index is 662. The third kappa shape index (κ3) is 4.19. The molecule has 0 saturated heterocycles. The zero-order valence-electron chi connectivity index (χ0n) is 11.7. The van der Waals surface area contributed by atoms with Crippen molar-refractivity contribution in [3.8, 4) is 5.88 Å². The smallest absolute Gasteiger partial charge is 0.258 e. The van der Waals surface area contributed by atoms with Gasteiger partial charge in [0.2, 0.25) is 5.88 Å². The summed E-state index contributed by atoms with van der Waals surface area (Å²) in [5, 5.41) is 4.21. The number of hydrogen-bond donors (Lipinski definition) is 1. The molecule has 1 heterocycles. The Morgan fingerprint density at radius 1 is 1.33 bits per heavy atom. The third-order valence-corrected chi connectivity index (χ3v) is 3.17. The maximum absolute atomic E-state index is 11.7. The highest BCUT2D eigenvalue weighted by molar-refractivity contribution is 6.38. The minimum absolute atomic E-state index is 0.122. The molecule has 7 heteroatoms. The maximum atomic E-state index is 11.7. The number of amides is 1. The van der Waals surface area contributed by atoms with Crippen LogP contribution in [-0.4, -0.2) is 29.0 Å². The number of benzene rings is 1. The van der Waals surface area contributed by atoms with Gasteiger partial charge in [-0.2, -0.15) is 0 Å². The van der Waals surface area contributed by atoms with Gasteiger partial charge in [-0.05, 0) is 18.1 Å². The Labute approximate surface area is 132 Å². The van der Waals surface area contributed by atoms with Crippen LogP contribution in [0.5, 0.6) is 5.88 Å². The van der Waals surface area contributed by atoms with E-state index in [4.69, 9.17) is 27.9 Å². The summed E-state index contributed by atoms with van der Waals surface area (Å²) in [7, 11) is 0. The van der Waals surface area contributed by atoms with Gasteiger partial charge in [0.15, 0.2) is 6.61 Å². The standard InChI is InChI=1S/C14H15Cl2N3O2/c1-8(2)5-17-12(20)6-21-14-10-3-9(15)4-11(16)13(10)18-7-19-14/h3-4,7-8H,5-6H2,1-2H3,(H,17,20). The third-order valence-electron chi connectivity index (χ3n) is 2.67. The molecule has 0 unspecified atom stereocenters. The van der Waals surface area contributed by atoms with Crippen molar-refractivity contribution in [2.45, 2.75) is 13.8 Å². The van der Waals surface area contributed by atoms with Gasteiger partial charge in [-0.15, -0.1) is 0 Å². The highest BCUT2D eigenvalue weighted by atomic mass is 35.5. The molecule has 0 saturated carbocycles. The molecule has 0 spiro atoms. The summed E-state index contributed by atoms with van der Waals surface area (Å²) in [5.41, 5.74) is 0.536. The monoisotopic (exact) mass is 327 g/mol. The molecule has 1 N–H and O–H groups in total. The van der Waals surface area contributed by atoms with Gasteiger partial charge in [-0.3, -0.25) is 4.79 Å². The molecule has 112 valence electrons. The molecular formula is C14H15Cl2N3O2. The van der Waals surface area contributed by atoms with E-state index in [9.17, 15) is 4.79 Å². The molecule has 0 aliphatic rings. The van der Waals surface area contributed by atoms with Crippen LogP contribution in [0.2, 0.25) is 10.0 Å². The Hall–Kier alpha value is -1.59. The van der Waals surface area contributed by atoms with Crippen molar-refractivity contribution in [1.82, 2.24) is 15.3 Å². The van der Waals surface area contributed by atoms with Crippen molar-refractivity contribution in [1.29, 1.82) is 0 Å². The summed E-state index contributed by atoms with van der Waals surface area (Å²) >= 11 is 12.0. The Balaban J connectivity index is 2.14. The van der Waals surface area contributed by atoms with E-state index in [1.165, 1.54) is 6.33 Å². The molecular weight excluding hydrogens is 313 g/mol. The van der Waals surface area contributed by atoms with Crippen LogP contribution in [0.3, 0.4) is 0 Å². The Kier molecular flexibility index (Phi) is 5.20. The average molecular weight is 328 g/mol. The van der Waals surface area contributed by atoms with Gasteiger partial charge in [0.1, 0.15) is 6.33 Å². The number of nitrogens with zero attached hydrogens (tertiary/aromatic N) is 2. The van der Waals surface area contributed by atoms with E-state index in [0.29, 0.717) is 33.4 Å². The van der Waals surface area contributed by atoms with Crippen molar-refractivity contribution in [2.75, 3.05) is 13.2 Å². The zero-order valence-corrected chi connectivity index (χ0v) is 13.2. The van der Waals surface area contributed by atoms with Crippen LogP contribution in [0.4, 0.5) is 0 Å². The number of carbonyl (C=O) groups excluding carboxylic acids is 1. The number of halogens is 2. The van der Waals surface area contributed by atoms with Gasteiger partial charge in [-0.1, -0.05) is 37.0 Å². The second kappa shape index (κ2) is 6.91. The molecule has 21 heavy (non-hydrogen) atoms. The predicted molar refractivity (Wildman–Crippen MR) is 82.9 cm³/mol. The number of ether oxygens (including phenoxy) is 1. The summed E-state index contributed by atoms with van der Waals surface area (Å²) in [6.07, 6.45) is 1.34. The number of hydrogen-bond acceptors (Lipinski definition) is 4. The summed E-state index contributed by atoms with van der Waals surface area (Å²) in [6.45, 7) is 4.51. The van der Waals surface area contributed by atoms with E-state index in [1.54, 1.807) is 12.1 Å². The van der Waals surface area contributed by atoms with Crippen LogP contribution in [0.1, 0.15) is 13.8 Å². The van der Waals surface area contributed by atoms with Gasteiger partial charge in [0, 0.05) is 11.6 Å². The molecule has 5 nitrogen and oxygen atoms in total. The lowest BCUT2D eigenvalue weighted by Gasteiger charge is -2.10. The topological polar surface area (TPSA) is 64.1 Å². The lowest BCUT2D eigenvalue weighted by atomic mass is 10.2. The van der Waals surface area contributed by atoms with E-state index in [1.807, 2.05) is 13.8 Å². The van der Waals surface area contributed by atoms with Crippen LogP contribution in [-0.2, 0) is 4.79 Å². The van der Waals surface area contributed by atoms with Gasteiger partial charge >= 0.3 is 0 Å². The summed E-state index contributed by atoms with van der Waals surface area (Å²) in [5.74, 6) is 0.458. The molecule has 2 aromatic rings. The number of fused-ring (bicyclic) bond motifs is 1.